The number of esters is 1. The minimum absolute atomic E-state index is 0.0329. The molecular weight excluding hydrogens is 298 g/mol. The highest BCUT2D eigenvalue weighted by molar-refractivity contribution is 6.22. The van der Waals surface area contributed by atoms with Crippen molar-refractivity contribution in [2.45, 2.75) is 47.0 Å². The SMILES string of the molecule is CC(C)CN(CC(C)C)C(=O)CCC/C(O)=C1/C(=O)COC1=O. The van der Waals surface area contributed by atoms with Crippen molar-refractivity contribution in [3.63, 3.8) is 0 Å². The third-order valence-electron chi connectivity index (χ3n) is 3.43. The number of hydrogen-bond donors (Lipinski definition) is 1. The van der Waals surface area contributed by atoms with Gasteiger partial charge in [0.15, 0.2) is 6.61 Å². The first-order chi connectivity index (χ1) is 10.7. The zero-order valence-electron chi connectivity index (χ0n) is 14.4. The van der Waals surface area contributed by atoms with Gasteiger partial charge in [-0.1, -0.05) is 27.7 Å². The van der Waals surface area contributed by atoms with Gasteiger partial charge in [0.25, 0.3) is 0 Å². The van der Waals surface area contributed by atoms with Crippen LogP contribution in [0.15, 0.2) is 11.3 Å². The predicted octanol–water partition coefficient (Wildman–Crippen LogP) is 2.24. The van der Waals surface area contributed by atoms with E-state index in [2.05, 4.69) is 32.4 Å². The average molecular weight is 325 g/mol. The summed E-state index contributed by atoms with van der Waals surface area (Å²) in [4.78, 5) is 36.9. The molecule has 23 heavy (non-hydrogen) atoms. The van der Waals surface area contributed by atoms with Crippen LogP contribution in [0.4, 0.5) is 0 Å². The largest absolute Gasteiger partial charge is 0.511 e. The second-order valence-corrected chi connectivity index (χ2v) is 6.76. The Morgan fingerprint density at radius 2 is 1.70 bits per heavy atom. The van der Waals surface area contributed by atoms with E-state index in [-0.39, 0.29) is 36.7 Å². The monoisotopic (exact) mass is 325 g/mol. The van der Waals surface area contributed by atoms with E-state index in [1.807, 2.05) is 4.90 Å². The van der Waals surface area contributed by atoms with Crippen LogP contribution in [0.5, 0.6) is 0 Å². The number of rotatable bonds is 8. The summed E-state index contributed by atoms with van der Waals surface area (Å²) >= 11 is 0. The Balaban J connectivity index is 2.55. The summed E-state index contributed by atoms with van der Waals surface area (Å²) in [6, 6.07) is 0. The molecule has 0 radical (unpaired) electrons. The van der Waals surface area contributed by atoms with Gasteiger partial charge in [0.2, 0.25) is 11.7 Å². The summed E-state index contributed by atoms with van der Waals surface area (Å²) in [5.74, 6) is -0.742. The number of Topliss-reactive ketones (excluding diaryl/α,β-unsaturated/α-hetero) is 1. The van der Waals surface area contributed by atoms with Gasteiger partial charge in [-0.05, 0) is 18.3 Å². The van der Waals surface area contributed by atoms with Gasteiger partial charge >= 0.3 is 5.97 Å². The van der Waals surface area contributed by atoms with Crippen LogP contribution in [0.25, 0.3) is 0 Å². The zero-order valence-corrected chi connectivity index (χ0v) is 14.4. The Labute approximate surface area is 137 Å². The van der Waals surface area contributed by atoms with Crippen LogP contribution >= 0.6 is 0 Å². The van der Waals surface area contributed by atoms with Crippen LogP contribution in [-0.4, -0.2) is 47.4 Å². The molecule has 6 nitrogen and oxygen atoms in total. The van der Waals surface area contributed by atoms with E-state index in [0.29, 0.717) is 31.3 Å². The molecular formula is C17H27NO5. The van der Waals surface area contributed by atoms with E-state index in [0.717, 1.165) is 0 Å². The number of aliphatic hydroxyl groups is 1. The lowest BCUT2D eigenvalue weighted by atomic mass is 10.1. The van der Waals surface area contributed by atoms with E-state index < -0.39 is 11.8 Å². The highest BCUT2D eigenvalue weighted by Gasteiger charge is 2.31. The molecule has 0 aromatic carbocycles. The number of carbonyl (C=O) groups excluding carboxylic acids is 3. The fourth-order valence-corrected chi connectivity index (χ4v) is 2.52. The predicted molar refractivity (Wildman–Crippen MR) is 85.7 cm³/mol. The topological polar surface area (TPSA) is 83.9 Å². The standard InChI is InChI=1S/C17H27NO5/c1-11(2)8-18(9-12(3)4)15(21)7-5-6-13(19)16-14(20)10-23-17(16)22/h11-12,19H,5-10H2,1-4H3/b16-13+. The van der Waals surface area contributed by atoms with Crippen LogP contribution in [0.2, 0.25) is 0 Å². The number of ketones is 1. The van der Waals surface area contributed by atoms with Gasteiger partial charge in [0.1, 0.15) is 11.3 Å². The molecule has 0 unspecified atom stereocenters. The molecule has 1 saturated heterocycles. The van der Waals surface area contributed by atoms with Gasteiger partial charge in [-0.2, -0.15) is 0 Å². The lowest BCUT2D eigenvalue weighted by Crippen LogP contribution is -2.36. The maximum Gasteiger partial charge on any atom is 0.345 e. The lowest BCUT2D eigenvalue weighted by molar-refractivity contribution is -0.135. The molecule has 1 aliphatic heterocycles. The van der Waals surface area contributed by atoms with Crippen LogP contribution in [0.1, 0.15) is 47.0 Å². The summed E-state index contributed by atoms with van der Waals surface area (Å²) < 4.78 is 4.57. The Bertz CT molecular complexity index is 465. The summed E-state index contributed by atoms with van der Waals surface area (Å²) in [6.45, 7) is 9.35. The first-order valence-electron chi connectivity index (χ1n) is 8.12. The number of ether oxygens (including phenoxy) is 1. The maximum absolute atomic E-state index is 12.3. The minimum Gasteiger partial charge on any atom is -0.511 e. The molecule has 1 rings (SSSR count). The van der Waals surface area contributed by atoms with Crippen LogP contribution in [0, 0.1) is 11.8 Å². The molecule has 0 spiro atoms. The zero-order chi connectivity index (χ0) is 17.6. The number of allylic oxidation sites excluding steroid dienone is 1. The molecule has 1 aliphatic rings. The number of hydrogen-bond acceptors (Lipinski definition) is 5. The fourth-order valence-electron chi connectivity index (χ4n) is 2.52. The van der Waals surface area contributed by atoms with Gasteiger partial charge < -0.3 is 14.7 Å². The molecule has 0 atom stereocenters. The molecule has 1 N–H and O–H groups in total. The molecule has 1 heterocycles. The van der Waals surface area contributed by atoms with E-state index in [9.17, 15) is 19.5 Å². The normalized spacial score (nSPS) is 17.0. The van der Waals surface area contributed by atoms with Crippen molar-refractivity contribution in [2.75, 3.05) is 19.7 Å². The Kier molecular flexibility index (Phi) is 7.26. The summed E-state index contributed by atoms with van der Waals surface area (Å²) in [6.07, 6.45) is 0.792. The number of carbonyl (C=O) groups is 3. The molecule has 130 valence electrons. The third kappa shape index (κ3) is 6.04. The molecule has 1 fully saturated rings. The first kappa shape index (κ1) is 19.2. The molecule has 0 saturated carbocycles. The average Bonchev–Trinajstić information content (AvgIpc) is 2.76. The first-order valence-corrected chi connectivity index (χ1v) is 8.12. The number of cyclic esters (lactones) is 1. The van der Waals surface area contributed by atoms with Crippen molar-refractivity contribution in [1.29, 1.82) is 0 Å². The van der Waals surface area contributed by atoms with E-state index >= 15 is 0 Å². The van der Waals surface area contributed by atoms with Gasteiger partial charge in [0, 0.05) is 25.9 Å². The van der Waals surface area contributed by atoms with Crippen molar-refractivity contribution < 1.29 is 24.2 Å². The van der Waals surface area contributed by atoms with E-state index in [4.69, 9.17) is 0 Å². The maximum atomic E-state index is 12.3. The summed E-state index contributed by atoms with van der Waals surface area (Å²) in [5.41, 5.74) is -0.265. The van der Waals surface area contributed by atoms with Crippen molar-refractivity contribution in [3.8, 4) is 0 Å². The van der Waals surface area contributed by atoms with Crippen molar-refractivity contribution >= 4 is 17.7 Å². The van der Waals surface area contributed by atoms with Crippen molar-refractivity contribution in [1.82, 2.24) is 4.90 Å². The third-order valence-corrected chi connectivity index (χ3v) is 3.43. The fraction of sp³-hybridized carbons (Fsp3) is 0.706. The smallest absolute Gasteiger partial charge is 0.345 e. The van der Waals surface area contributed by atoms with Crippen LogP contribution < -0.4 is 0 Å². The molecule has 0 aromatic heterocycles. The molecule has 0 aliphatic carbocycles. The van der Waals surface area contributed by atoms with Gasteiger partial charge in [-0.25, -0.2) is 4.79 Å². The number of amides is 1. The highest BCUT2D eigenvalue weighted by atomic mass is 16.5. The van der Waals surface area contributed by atoms with E-state index in [1.165, 1.54) is 0 Å². The van der Waals surface area contributed by atoms with Gasteiger partial charge in [-0.3, -0.25) is 9.59 Å². The minimum atomic E-state index is -0.778. The second kappa shape index (κ2) is 8.70. The van der Waals surface area contributed by atoms with Gasteiger partial charge in [0.05, 0.1) is 0 Å². The Hall–Kier alpha value is -1.85. The highest BCUT2D eigenvalue weighted by Crippen LogP contribution is 2.18. The van der Waals surface area contributed by atoms with E-state index in [1.54, 1.807) is 0 Å². The quantitative estimate of drug-likeness (QED) is 0.320. The lowest BCUT2D eigenvalue weighted by Gasteiger charge is -2.26. The molecule has 6 heteroatoms. The van der Waals surface area contributed by atoms with Crippen molar-refractivity contribution in [2.24, 2.45) is 11.8 Å². The van der Waals surface area contributed by atoms with Crippen LogP contribution in [0.3, 0.4) is 0 Å². The number of aliphatic hydroxyl groups excluding tert-OH is 1. The molecule has 1 amide bonds. The van der Waals surface area contributed by atoms with Gasteiger partial charge in [-0.15, -0.1) is 0 Å². The Morgan fingerprint density at radius 3 is 2.13 bits per heavy atom. The number of nitrogens with zero attached hydrogens (tertiary/aromatic N) is 1. The second-order valence-electron chi connectivity index (χ2n) is 6.76. The van der Waals surface area contributed by atoms with Crippen LogP contribution in [-0.2, 0) is 19.1 Å². The molecule has 0 bridgehead atoms. The van der Waals surface area contributed by atoms with Crippen molar-refractivity contribution in [3.05, 3.63) is 11.3 Å². The molecule has 0 aromatic rings. The summed E-state index contributed by atoms with van der Waals surface area (Å²) in [5, 5.41) is 9.87. The summed E-state index contributed by atoms with van der Waals surface area (Å²) in [7, 11) is 0. The Morgan fingerprint density at radius 1 is 1.13 bits per heavy atom.